The Kier molecular flexibility index (Phi) is 5.50. The predicted molar refractivity (Wildman–Crippen MR) is 104 cm³/mol. The van der Waals surface area contributed by atoms with Gasteiger partial charge in [0.15, 0.2) is 0 Å². The van der Waals surface area contributed by atoms with Crippen molar-refractivity contribution in [1.82, 2.24) is 10.3 Å². The van der Waals surface area contributed by atoms with Crippen molar-refractivity contribution in [2.45, 2.75) is 6.54 Å². The number of aromatic hydroxyl groups is 1. The van der Waals surface area contributed by atoms with E-state index in [1.165, 1.54) is 30.5 Å². The standard InChI is InChI=1S/C20H17N3O5/c1-28-15-5-2-13(3-6-15)12-22-18(25)9-4-14-10-11-21-20-17(24)8-7-16(19(14)20)23(26)27/h2-11,24H,12H2,1H3,(H,22,25)/b9-4+. The molecule has 0 aliphatic rings. The number of hydrogen-bond donors (Lipinski definition) is 2. The third kappa shape index (κ3) is 4.07. The first-order valence-electron chi connectivity index (χ1n) is 8.33. The summed E-state index contributed by atoms with van der Waals surface area (Å²) in [5.74, 6) is 0.202. The fourth-order valence-electron chi connectivity index (χ4n) is 2.71. The summed E-state index contributed by atoms with van der Waals surface area (Å²) in [5, 5.41) is 24.1. The monoisotopic (exact) mass is 379 g/mol. The van der Waals surface area contributed by atoms with Gasteiger partial charge in [0.1, 0.15) is 17.0 Å². The van der Waals surface area contributed by atoms with Gasteiger partial charge in [0.25, 0.3) is 5.69 Å². The molecule has 2 N–H and O–H groups in total. The second kappa shape index (κ2) is 8.17. The zero-order chi connectivity index (χ0) is 20.1. The SMILES string of the molecule is COc1ccc(CNC(=O)/C=C/c2ccnc3c(O)ccc([N+](=O)[O-])c23)cc1. The minimum Gasteiger partial charge on any atom is -0.506 e. The van der Waals surface area contributed by atoms with Gasteiger partial charge in [-0.2, -0.15) is 0 Å². The highest BCUT2D eigenvalue weighted by Gasteiger charge is 2.17. The van der Waals surface area contributed by atoms with E-state index in [1.54, 1.807) is 25.3 Å². The highest BCUT2D eigenvalue weighted by molar-refractivity contribution is 6.01. The Morgan fingerprint density at radius 2 is 2.00 bits per heavy atom. The van der Waals surface area contributed by atoms with Crippen LogP contribution in [0.2, 0.25) is 0 Å². The van der Waals surface area contributed by atoms with Gasteiger partial charge >= 0.3 is 0 Å². The van der Waals surface area contributed by atoms with Crippen LogP contribution < -0.4 is 10.1 Å². The quantitative estimate of drug-likeness (QED) is 0.386. The van der Waals surface area contributed by atoms with Gasteiger partial charge in [-0.1, -0.05) is 12.1 Å². The molecule has 0 aliphatic heterocycles. The molecule has 0 atom stereocenters. The highest BCUT2D eigenvalue weighted by atomic mass is 16.6. The van der Waals surface area contributed by atoms with Crippen LogP contribution in [0.25, 0.3) is 17.0 Å². The van der Waals surface area contributed by atoms with E-state index < -0.39 is 4.92 Å². The number of nitrogens with one attached hydrogen (secondary N) is 1. The molecule has 28 heavy (non-hydrogen) atoms. The fourth-order valence-corrected chi connectivity index (χ4v) is 2.71. The maximum atomic E-state index is 12.1. The van der Waals surface area contributed by atoms with E-state index in [1.807, 2.05) is 12.1 Å². The molecule has 2 aromatic carbocycles. The molecule has 0 fully saturated rings. The number of nitro groups is 1. The predicted octanol–water partition coefficient (Wildman–Crippen LogP) is 3.19. The lowest BCUT2D eigenvalue weighted by Crippen LogP contribution is -2.20. The number of pyridine rings is 1. The van der Waals surface area contributed by atoms with E-state index in [0.29, 0.717) is 12.1 Å². The van der Waals surface area contributed by atoms with Crippen molar-refractivity contribution in [3.05, 3.63) is 76.0 Å². The van der Waals surface area contributed by atoms with E-state index in [0.717, 1.165) is 11.3 Å². The number of carbonyl (C=O) groups is 1. The normalized spacial score (nSPS) is 10.9. The number of phenolic OH excluding ortho intramolecular Hbond substituents is 1. The number of carbonyl (C=O) groups excluding carboxylic acids is 1. The summed E-state index contributed by atoms with van der Waals surface area (Å²) in [5.41, 5.74) is 1.22. The van der Waals surface area contributed by atoms with Crippen molar-refractivity contribution in [1.29, 1.82) is 0 Å². The van der Waals surface area contributed by atoms with E-state index in [4.69, 9.17) is 4.74 Å². The minimum atomic E-state index is -0.551. The largest absolute Gasteiger partial charge is 0.506 e. The number of non-ortho nitro benzene ring substituents is 1. The number of fused-ring (bicyclic) bond motifs is 1. The van der Waals surface area contributed by atoms with Crippen LogP contribution in [0.5, 0.6) is 11.5 Å². The molecule has 3 aromatic rings. The van der Waals surface area contributed by atoms with E-state index >= 15 is 0 Å². The third-order valence-corrected chi connectivity index (χ3v) is 4.12. The van der Waals surface area contributed by atoms with Crippen molar-refractivity contribution in [2.75, 3.05) is 7.11 Å². The van der Waals surface area contributed by atoms with Crippen LogP contribution in [-0.4, -0.2) is 28.0 Å². The second-order valence-electron chi connectivity index (χ2n) is 5.88. The first-order chi connectivity index (χ1) is 13.5. The van der Waals surface area contributed by atoms with Crippen molar-refractivity contribution < 1.29 is 19.6 Å². The summed E-state index contributed by atoms with van der Waals surface area (Å²) in [6.45, 7) is 0.325. The van der Waals surface area contributed by atoms with Crippen molar-refractivity contribution in [2.24, 2.45) is 0 Å². The number of hydrogen-bond acceptors (Lipinski definition) is 6. The summed E-state index contributed by atoms with van der Waals surface area (Å²) in [4.78, 5) is 26.9. The summed E-state index contributed by atoms with van der Waals surface area (Å²) in [6.07, 6.45) is 4.16. The fraction of sp³-hybridized carbons (Fsp3) is 0.100. The van der Waals surface area contributed by atoms with Gasteiger partial charge in [0.2, 0.25) is 5.91 Å². The number of amides is 1. The first-order valence-corrected chi connectivity index (χ1v) is 8.33. The summed E-state index contributed by atoms with van der Waals surface area (Å²) in [6, 6.07) is 11.2. The number of rotatable bonds is 6. The number of nitro benzene ring substituents is 1. The molecule has 0 bridgehead atoms. The molecular formula is C20H17N3O5. The van der Waals surface area contributed by atoms with Crippen LogP contribution >= 0.6 is 0 Å². The van der Waals surface area contributed by atoms with Crippen LogP contribution in [0.15, 0.2) is 54.7 Å². The molecule has 0 spiro atoms. The molecule has 0 aliphatic carbocycles. The molecule has 1 aromatic heterocycles. The zero-order valence-electron chi connectivity index (χ0n) is 15.0. The lowest BCUT2D eigenvalue weighted by Gasteiger charge is -2.06. The second-order valence-corrected chi connectivity index (χ2v) is 5.88. The topological polar surface area (TPSA) is 115 Å². The molecule has 3 rings (SSSR count). The summed E-state index contributed by atoms with van der Waals surface area (Å²) < 4.78 is 5.08. The van der Waals surface area contributed by atoms with Crippen LogP contribution in [0, 0.1) is 10.1 Å². The van der Waals surface area contributed by atoms with Crippen LogP contribution in [0.3, 0.4) is 0 Å². The Labute approximate surface area is 160 Å². The molecule has 1 amide bonds. The van der Waals surface area contributed by atoms with Gasteiger partial charge in [0.05, 0.1) is 17.4 Å². The number of phenols is 1. The lowest BCUT2D eigenvalue weighted by atomic mass is 10.1. The molecule has 0 radical (unpaired) electrons. The minimum absolute atomic E-state index is 0.106. The molecule has 8 heteroatoms. The number of aromatic nitrogens is 1. The van der Waals surface area contributed by atoms with Crippen LogP contribution in [0.4, 0.5) is 5.69 Å². The molecule has 0 unspecified atom stereocenters. The van der Waals surface area contributed by atoms with Gasteiger partial charge in [0, 0.05) is 24.9 Å². The van der Waals surface area contributed by atoms with Crippen LogP contribution in [0.1, 0.15) is 11.1 Å². The Hall–Kier alpha value is -3.94. The summed E-state index contributed by atoms with van der Waals surface area (Å²) >= 11 is 0. The third-order valence-electron chi connectivity index (χ3n) is 4.12. The molecule has 8 nitrogen and oxygen atoms in total. The maximum absolute atomic E-state index is 12.1. The zero-order valence-corrected chi connectivity index (χ0v) is 15.0. The van der Waals surface area contributed by atoms with Gasteiger partial charge < -0.3 is 15.2 Å². The maximum Gasteiger partial charge on any atom is 0.279 e. The van der Waals surface area contributed by atoms with Gasteiger partial charge in [-0.15, -0.1) is 0 Å². The molecular weight excluding hydrogens is 362 g/mol. The molecule has 142 valence electrons. The Morgan fingerprint density at radius 1 is 1.25 bits per heavy atom. The first kappa shape index (κ1) is 18.8. The Bertz CT molecular complexity index is 1060. The average molecular weight is 379 g/mol. The molecule has 0 saturated carbocycles. The highest BCUT2D eigenvalue weighted by Crippen LogP contribution is 2.33. The Morgan fingerprint density at radius 3 is 2.68 bits per heavy atom. The average Bonchev–Trinajstić information content (AvgIpc) is 2.71. The Balaban J connectivity index is 1.79. The van der Waals surface area contributed by atoms with Crippen molar-refractivity contribution in [3.8, 4) is 11.5 Å². The van der Waals surface area contributed by atoms with E-state index in [-0.39, 0.29) is 28.2 Å². The number of nitrogens with zero attached hydrogens (tertiary/aromatic N) is 2. The van der Waals surface area contributed by atoms with E-state index in [2.05, 4.69) is 10.3 Å². The van der Waals surface area contributed by atoms with Crippen molar-refractivity contribution >= 4 is 28.6 Å². The van der Waals surface area contributed by atoms with E-state index in [9.17, 15) is 20.0 Å². The van der Waals surface area contributed by atoms with Gasteiger partial charge in [-0.05, 0) is 41.5 Å². The summed E-state index contributed by atoms with van der Waals surface area (Å²) in [7, 11) is 1.58. The number of ether oxygens (including phenoxy) is 1. The molecule has 0 saturated heterocycles. The van der Waals surface area contributed by atoms with Gasteiger partial charge in [-0.3, -0.25) is 19.9 Å². The molecule has 1 heterocycles. The number of methoxy groups -OCH3 is 1. The number of benzene rings is 2. The lowest BCUT2D eigenvalue weighted by molar-refractivity contribution is -0.383. The van der Waals surface area contributed by atoms with Crippen LogP contribution in [-0.2, 0) is 11.3 Å². The van der Waals surface area contributed by atoms with Gasteiger partial charge in [-0.25, -0.2) is 0 Å². The van der Waals surface area contributed by atoms with Crippen molar-refractivity contribution in [3.63, 3.8) is 0 Å². The smallest absolute Gasteiger partial charge is 0.279 e.